The van der Waals surface area contributed by atoms with E-state index in [4.69, 9.17) is 17.3 Å². The monoisotopic (exact) mass is 468 g/mol. The van der Waals surface area contributed by atoms with Crippen LogP contribution in [0.2, 0.25) is 0 Å². The highest BCUT2D eigenvalue weighted by Crippen LogP contribution is 2.47. The molecule has 0 saturated carbocycles. The zero-order chi connectivity index (χ0) is 21.9. The quantitative estimate of drug-likeness (QED) is 0.731. The van der Waals surface area contributed by atoms with Crippen molar-refractivity contribution < 1.29 is 4.79 Å². The van der Waals surface area contributed by atoms with Crippen molar-refractivity contribution >= 4 is 40.9 Å². The summed E-state index contributed by atoms with van der Waals surface area (Å²) in [6.07, 6.45) is 11.1. The number of hydrogen-bond donors (Lipinski definition) is 1. The number of piperidine rings is 1. The largest absolute Gasteiger partial charge is 0.355 e. The molecule has 0 radical (unpaired) electrons. The van der Waals surface area contributed by atoms with E-state index in [9.17, 15) is 4.79 Å². The minimum Gasteiger partial charge on any atom is -0.355 e. The Morgan fingerprint density at radius 3 is 2.81 bits per heavy atom. The molecule has 1 spiro atoms. The van der Waals surface area contributed by atoms with Gasteiger partial charge in [0.2, 0.25) is 0 Å². The first kappa shape index (κ1) is 20.0. The Kier molecular flexibility index (Phi) is 4.63. The van der Waals surface area contributed by atoms with Crippen molar-refractivity contribution in [3.8, 4) is 0 Å². The molecule has 4 aliphatic rings. The van der Waals surface area contributed by atoms with Crippen LogP contribution in [0.5, 0.6) is 0 Å². The molecule has 2 aromatic heterocycles. The van der Waals surface area contributed by atoms with E-state index >= 15 is 0 Å². The van der Waals surface area contributed by atoms with E-state index in [2.05, 4.69) is 29.6 Å². The Labute approximate surface area is 194 Å². The second kappa shape index (κ2) is 7.43. The lowest BCUT2D eigenvalue weighted by Crippen LogP contribution is -2.45. The van der Waals surface area contributed by atoms with Gasteiger partial charge < -0.3 is 15.5 Å². The maximum absolute atomic E-state index is 11.6. The lowest BCUT2D eigenvalue weighted by atomic mass is 9.73. The van der Waals surface area contributed by atoms with Gasteiger partial charge in [-0.05, 0) is 25.0 Å². The van der Waals surface area contributed by atoms with Crippen LogP contribution >= 0.6 is 23.4 Å². The van der Waals surface area contributed by atoms with Crippen LogP contribution in [0.1, 0.15) is 24.6 Å². The second-order valence-electron chi connectivity index (χ2n) is 8.51. The summed E-state index contributed by atoms with van der Waals surface area (Å²) in [7, 11) is 0. The van der Waals surface area contributed by atoms with Gasteiger partial charge in [0.05, 0.1) is 29.2 Å². The van der Waals surface area contributed by atoms with Crippen LogP contribution < -0.4 is 10.6 Å². The molecule has 9 nitrogen and oxygen atoms in total. The van der Waals surface area contributed by atoms with Gasteiger partial charge in [-0.15, -0.1) is 0 Å². The van der Waals surface area contributed by atoms with Crippen molar-refractivity contribution in [1.82, 2.24) is 24.6 Å². The van der Waals surface area contributed by atoms with Crippen LogP contribution in [0, 0.1) is 5.41 Å². The third-order valence-electron chi connectivity index (χ3n) is 6.73. The number of rotatable bonds is 3. The van der Waals surface area contributed by atoms with Gasteiger partial charge in [0.25, 0.3) is 5.91 Å². The standard InChI is InChI=1S/C21H21ClN8OS/c22-18-14(2-6-29-11-16(31)27-20(18)29)32-17-10-24-15(9-25-17)28-7-3-21(4-8-28)12-30-13(19(21)23)1-5-26-30/h1-2,5-6,9-10,19H,3-4,7-8,11-12,23H2/t19-/m1/s1. The maximum Gasteiger partial charge on any atom is 0.267 e. The number of nitrogens with two attached hydrogens (primary N) is 1. The van der Waals surface area contributed by atoms with Gasteiger partial charge in [0.1, 0.15) is 17.4 Å². The van der Waals surface area contributed by atoms with Gasteiger partial charge in [-0.3, -0.25) is 9.48 Å². The summed E-state index contributed by atoms with van der Waals surface area (Å²) in [5, 5.41) is 5.61. The first-order valence-corrected chi connectivity index (χ1v) is 11.7. The minimum absolute atomic E-state index is 0.0364. The van der Waals surface area contributed by atoms with Crippen LogP contribution in [-0.4, -0.2) is 56.0 Å². The summed E-state index contributed by atoms with van der Waals surface area (Å²) >= 11 is 7.87. The molecular weight excluding hydrogens is 448 g/mol. The molecule has 11 heteroatoms. The molecule has 32 heavy (non-hydrogen) atoms. The molecule has 2 N–H and O–H groups in total. The molecule has 1 amide bonds. The highest BCUT2D eigenvalue weighted by atomic mass is 35.5. The lowest BCUT2D eigenvalue weighted by Gasteiger charge is -2.41. The number of thioether (sulfide) groups is 1. The number of anilines is 1. The van der Waals surface area contributed by atoms with Gasteiger partial charge >= 0.3 is 0 Å². The Bertz CT molecular complexity index is 1180. The SMILES string of the molecule is N[C@@H]1c2ccnn2CC12CCN(c1cnc(SC3=C(Cl)C4=NC(=O)CN4C=C3)cn1)CC2. The van der Waals surface area contributed by atoms with Crippen LogP contribution in [0.15, 0.2) is 56.9 Å². The number of aliphatic imine (C=N–C) groups is 1. The number of aromatic nitrogens is 4. The topological polar surface area (TPSA) is 106 Å². The summed E-state index contributed by atoms with van der Waals surface area (Å²) in [4.78, 5) is 29.6. The van der Waals surface area contributed by atoms with E-state index in [1.54, 1.807) is 11.1 Å². The van der Waals surface area contributed by atoms with Crippen LogP contribution in [0.4, 0.5) is 5.82 Å². The molecule has 0 aromatic carbocycles. The van der Waals surface area contributed by atoms with Gasteiger partial charge in [0.15, 0.2) is 5.84 Å². The average Bonchev–Trinajstić information content (AvgIpc) is 3.48. The first-order chi connectivity index (χ1) is 15.5. The number of nitrogens with zero attached hydrogens (tertiary/aromatic N) is 7. The van der Waals surface area contributed by atoms with Gasteiger partial charge in [0, 0.05) is 42.4 Å². The summed E-state index contributed by atoms with van der Waals surface area (Å²) < 4.78 is 2.05. The number of allylic oxidation sites excluding steroid dienone is 1. The Morgan fingerprint density at radius 2 is 2.06 bits per heavy atom. The predicted octanol–water partition coefficient (Wildman–Crippen LogP) is 2.28. The molecule has 4 aliphatic heterocycles. The Balaban J connectivity index is 1.12. The first-order valence-electron chi connectivity index (χ1n) is 10.5. The zero-order valence-corrected chi connectivity index (χ0v) is 18.8. The third-order valence-corrected chi connectivity index (χ3v) is 8.20. The number of fused-ring (bicyclic) bond motifs is 2. The highest BCUT2D eigenvalue weighted by Gasteiger charge is 2.47. The van der Waals surface area contributed by atoms with Gasteiger partial charge in [-0.1, -0.05) is 23.4 Å². The number of halogens is 1. The smallest absolute Gasteiger partial charge is 0.267 e. The van der Waals surface area contributed by atoms with Crippen molar-refractivity contribution in [2.45, 2.75) is 30.5 Å². The third kappa shape index (κ3) is 3.16. The van der Waals surface area contributed by atoms with Gasteiger partial charge in [-0.2, -0.15) is 10.1 Å². The van der Waals surface area contributed by atoms with E-state index in [1.165, 1.54) is 11.8 Å². The molecule has 164 valence electrons. The maximum atomic E-state index is 11.6. The Hall–Kier alpha value is -2.69. The fourth-order valence-electron chi connectivity index (χ4n) is 4.89. The highest BCUT2D eigenvalue weighted by molar-refractivity contribution is 8.03. The molecule has 1 fully saturated rings. The molecule has 6 heterocycles. The lowest BCUT2D eigenvalue weighted by molar-refractivity contribution is -0.116. The van der Waals surface area contributed by atoms with Crippen molar-refractivity contribution in [1.29, 1.82) is 0 Å². The van der Waals surface area contributed by atoms with Crippen LogP contribution in [0.3, 0.4) is 0 Å². The summed E-state index contributed by atoms with van der Waals surface area (Å²) in [6, 6.07) is 2.07. The Morgan fingerprint density at radius 1 is 1.22 bits per heavy atom. The number of amides is 1. The predicted molar refractivity (Wildman–Crippen MR) is 122 cm³/mol. The van der Waals surface area contributed by atoms with Crippen molar-refractivity contribution in [2.24, 2.45) is 16.1 Å². The number of carbonyl (C=O) groups is 1. The van der Waals surface area contributed by atoms with Crippen molar-refractivity contribution in [2.75, 3.05) is 24.5 Å². The summed E-state index contributed by atoms with van der Waals surface area (Å²) in [6.45, 7) is 2.91. The van der Waals surface area contributed by atoms with Crippen LogP contribution in [-0.2, 0) is 11.3 Å². The fourth-order valence-corrected chi connectivity index (χ4v) is 5.97. The van der Waals surface area contributed by atoms with Crippen molar-refractivity contribution in [3.05, 3.63) is 52.6 Å². The number of carbonyl (C=O) groups excluding carboxylic acids is 1. The normalized spacial score (nSPS) is 23.8. The molecule has 6 rings (SSSR count). The van der Waals surface area contributed by atoms with Gasteiger partial charge in [-0.25, -0.2) is 9.97 Å². The van der Waals surface area contributed by atoms with E-state index in [-0.39, 0.29) is 23.9 Å². The minimum atomic E-state index is -0.190. The average molecular weight is 469 g/mol. The number of hydrogen-bond acceptors (Lipinski definition) is 8. The molecular formula is C21H21ClN8OS. The summed E-state index contributed by atoms with van der Waals surface area (Å²) in [5.41, 5.74) is 7.80. The summed E-state index contributed by atoms with van der Waals surface area (Å²) in [5.74, 6) is 1.18. The number of amidine groups is 1. The van der Waals surface area contributed by atoms with E-state index in [0.717, 1.165) is 53.9 Å². The fraction of sp³-hybridized carbons (Fsp3) is 0.381. The second-order valence-corrected chi connectivity index (χ2v) is 9.95. The van der Waals surface area contributed by atoms with E-state index in [0.29, 0.717) is 10.9 Å². The molecule has 2 aromatic rings. The zero-order valence-electron chi connectivity index (χ0n) is 17.2. The molecule has 0 aliphatic carbocycles. The van der Waals surface area contributed by atoms with Crippen molar-refractivity contribution in [3.63, 3.8) is 0 Å². The molecule has 0 bridgehead atoms. The van der Waals surface area contributed by atoms with E-state index < -0.39 is 0 Å². The van der Waals surface area contributed by atoms with E-state index in [1.807, 2.05) is 30.7 Å². The van der Waals surface area contributed by atoms with Crippen LogP contribution in [0.25, 0.3) is 0 Å². The molecule has 1 atom stereocenters. The molecule has 1 saturated heterocycles. The molecule has 0 unspecified atom stereocenters.